The maximum absolute atomic E-state index is 5.18. The molecule has 3 heteroatoms. The Bertz CT molecular complexity index is 486. The van der Waals surface area contributed by atoms with E-state index in [4.69, 9.17) is 4.74 Å². The lowest BCUT2D eigenvalue weighted by molar-refractivity contribution is 0.368. The van der Waals surface area contributed by atoms with Crippen LogP contribution in [-0.4, -0.2) is 16.7 Å². The van der Waals surface area contributed by atoms with Gasteiger partial charge in [-0.05, 0) is 23.6 Å². The third kappa shape index (κ3) is 1.58. The van der Waals surface area contributed by atoms with Crippen LogP contribution in [-0.2, 0) is 7.05 Å². The third-order valence-electron chi connectivity index (χ3n) is 2.71. The Hall–Kier alpha value is -1.51. The Morgan fingerprint density at radius 3 is 2.67 bits per heavy atom. The Kier molecular flexibility index (Phi) is 2.39. The predicted molar refractivity (Wildman–Crippen MR) is 61.4 cm³/mol. The Morgan fingerprint density at radius 2 is 2.07 bits per heavy atom. The average Bonchev–Trinajstić information content (AvgIpc) is 2.55. The highest BCUT2D eigenvalue weighted by molar-refractivity contribution is 5.77. The fourth-order valence-electron chi connectivity index (χ4n) is 1.74. The van der Waals surface area contributed by atoms with Gasteiger partial charge in [0.05, 0.1) is 18.1 Å². The number of methoxy groups -OCH3 is 1. The maximum Gasteiger partial charge on any atom is 0.296 e. The molecular weight excluding hydrogens is 188 g/mol. The molecule has 0 amide bonds. The number of benzene rings is 1. The van der Waals surface area contributed by atoms with Gasteiger partial charge in [0.25, 0.3) is 6.01 Å². The first-order valence-electron chi connectivity index (χ1n) is 5.14. The van der Waals surface area contributed by atoms with Crippen LogP contribution in [0.15, 0.2) is 18.2 Å². The fourth-order valence-corrected chi connectivity index (χ4v) is 1.74. The number of hydrogen-bond donors (Lipinski definition) is 0. The molecule has 0 fully saturated rings. The Labute approximate surface area is 89.7 Å². The number of aryl methyl sites for hydroxylation is 1. The van der Waals surface area contributed by atoms with Gasteiger partial charge in [0.1, 0.15) is 0 Å². The molecule has 0 aliphatic carbocycles. The molecule has 2 aromatic rings. The number of hydrogen-bond acceptors (Lipinski definition) is 2. The molecule has 0 radical (unpaired) electrons. The van der Waals surface area contributed by atoms with Crippen molar-refractivity contribution >= 4 is 11.0 Å². The summed E-state index contributed by atoms with van der Waals surface area (Å²) in [5.41, 5.74) is 3.42. The second-order valence-electron chi connectivity index (χ2n) is 4.06. The summed E-state index contributed by atoms with van der Waals surface area (Å²) in [6.07, 6.45) is 0. The number of rotatable bonds is 2. The third-order valence-corrected chi connectivity index (χ3v) is 2.71. The second-order valence-corrected chi connectivity index (χ2v) is 4.06. The second kappa shape index (κ2) is 3.57. The van der Waals surface area contributed by atoms with Crippen molar-refractivity contribution in [2.24, 2.45) is 7.05 Å². The SMILES string of the molecule is COc1nc2cc(C(C)C)ccc2n1C. The molecule has 0 N–H and O–H groups in total. The Morgan fingerprint density at radius 1 is 1.33 bits per heavy atom. The molecule has 2 rings (SSSR count). The van der Waals surface area contributed by atoms with Crippen LogP contribution in [0.25, 0.3) is 11.0 Å². The lowest BCUT2D eigenvalue weighted by Crippen LogP contribution is -1.93. The van der Waals surface area contributed by atoms with E-state index in [1.54, 1.807) is 7.11 Å². The first-order valence-corrected chi connectivity index (χ1v) is 5.14. The van der Waals surface area contributed by atoms with Crippen LogP contribution in [0.4, 0.5) is 0 Å². The minimum absolute atomic E-state index is 0.530. The molecule has 15 heavy (non-hydrogen) atoms. The van der Waals surface area contributed by atoms with E-state index in [2.05, 4.69) is 37.0 Å². The topological polar surface area (TPSA) is 27.1 Å². The van der Waals surface area contributed by atoms with Crippen molar-refractivity contribution < 1.29 is 4.74 Å². The zero-order valence-corrected chi connectivity index (χ0v) is 9.61. The predicted octanol–water partition coefficient (Wildman–Crippen LogP) is 2.71. The summed E-state index contributed by atoms with van der Waals surface area (Å²) in [7, 11) is 3.60. The molecule has 0 unspecified atom stereocenters. The fraction of sp³-hybridized carbons (Fsp3) is 0.417. The van der Waals surface area contributed by atoms with Gasteiger partial charge in [0, 0.05) is 7.05 Å². The number of fused-ring (bicyclic) bond motifs is 1. The number of ether oxygens (including phenoxy) is 1. The van der Waals surface area contributed by atoms with Crippen LogP contribution in [0.1, 0.15) is 25.3 Å². The molecule has 1 heterocycles. The highest BCUT2D eigenvalue weighted by Crippen LogP contribution is 2.23. The van der Waals surface area contributed by atoms with Crippen molar-refractivity contribution in [1.82, 2.24) is 9.55 Å². The average molecular weight is 204 g/mol. The molecular formula is C12H16N2O. The largest absolute Gasteiger partial charge is 0.468 e. The van der Waals surface area contributed by atoms with E-state index in [-0.39, 0.29) is 0 Å². The first kappa shape index (κ1) is 10.0. The number of nitrogens with zero attached hydrogens (tertiary/aromatic N) is 2. The van der Waals surface area contributed by atoms with Crippen molar-refractivity contribution in [3.63, 3.8) is 0 Å². The minimum atomic E-state index is 0.530. The van der Waals surface area contributed by atoms with Crippen LogP contribution in [0.5, 0.6) is 6.01 Å². The van der Waals surface area contributed by atoms with E-state index < -0.39 is 0 Å². The van der Waals surface area contributed by atoms with Crippen molar-refractivity contribution in [1.29, 1.82) is 0 Å². The number of aromatic nitrogens is 2. The minimum Gasteiger partial charge on any atom is -0.468 e. The molecule has 0 atom stereocenters. The van der Waals surface area contributed by atoms with E-state index in [1.807, 2.05) is 11.6 Å². The summed E-state index contributed by atoms with van der Waals surface area (Å²) in [6.45, 7) is 4.36. The van der Waals surface area contributed by atoms with Crippen LogP contribution >= 0.6 is 0 Å². The molecule has 0 saturated heterocycles. The molecule has 0 spiro atoms. The van der Waals surface area contributed by atoms with E-state index in [9.17, 15) is 0 Å². The smallest absolute Gasteiger partial charge is 0.296 e. The lowest BCUT2D eigenvalue weighted by Gasteiger charge is -2.04. The van der Waals surface area contributed by atoms with Crippen molar-refractivity contribution in [3.8, 4) is 6.01 Å². The van der Waals surface area contributed by atoms with E-state index in [0.717, 1.165) is 11.0 Å². The normalized spacial score (nSPS) is 11.3. The van der Waals surface area contributed by atoms with Crippen molar-refractivity contribution in [3.05, 3.63) is 23.8 Å². The molecule has 1 aromatic carbocycles. The first-order chi connectivity index (χ1) is 7.13. The molecule has 3 nitrogen and oxygen atoms in total. The van der Waals surface area contributed by atoms with Crippen LogP contribution in [0.3, 0.4) is 0 Å². The summed E-state index contributed by atoms with van der Waals surface area (Å²) in [5, 5.41) is 0. The van der Waals surface area contributed by atoms with Gasteiger partial charge in [-0.2, -0.15) is 4.98 Å². The zero-order valence-electron chi connectivity index (χ0n) is 9.61. The van der Waals surface area contributed by atoms with Gasteiger partial charge in [-0.25, -0.2) is 0 Å². The molecule has 80 valence electrons. The summed E-state index contributed by atoms with van der Waals surface area (Å²) in [6, 6.07) is 7.03. The quantitative estimate of drug-likeness (QED) is 0.752. The summed E-state index contributed by atoms with van der Waals surface area (Å²) in [4.78, 5) is 4.41. The lowest BCUT2D eigenvalue weighted by atomic mass is 10.0. The standard InChI is InChI=1S/C12H16N2O/c1-8(2)9-5-6-11-10(7-9)13-12(15-4)14(11)3/h5-8H,1-4H3. The van der Waals surface area contributed by atoms with Gasteiger partial charge < -0.3 is 4.74 Å². The summed E-state index contributed by atoms with van der Waals surface area (Å²) in [5.74, 6) is 0.530. The van der Waals surface area contributed by atoms with Crippen molar-refractivity contribution in [2.75, 3.05) is 7.11 Å². The summed E-state index contributed by atoms with van der Waals surface area (Å²) < 4.78 is 7.14. The van der Waals surface area contributed by atoms with Crippen LogP contribution in [0, 0.1) is 0 Å². The van der Waals surface area contributed by atoms with E-state index in [0.29, 0.717) is 11.9 Å². The van der Waals surface area contributed by atoms with E-state index in [1.165, 1.54) is 5.56 Å². The van der Waals surface area contributed by atoms with Crippen LogP contribution in [0.2, 0.25) is 0 Å². The van der Waals surface area contributed by atoms with Crippen LogP contribution < -0.4 is 4.74 Å². The van der Waals surface area contributed by atoms with Crippen molar-refractivity contribution in [2.45, 2.75) is 19.8 Å². The maximum atomic E-state index is 5.18. The zero-order chi connectivity index (χ0) is 11.0. The monoisotopic (exact) mass is 204 g/mol. The number of imidazole rings is 1. The highest BCUT2D eigenvalue weighted by atomic mass is 16.5. The van der Waals surface area contributed by atoms with Gasteiger partial charge >= 0.3 is 0 Å². The molecule has 0 saturated carbocycles. The molecule has 0 bridgehead atoms. The van der Waals surface area contributed by atoms with Gasteiger partial charge in [0.2, 0.25) is 0 Å². The molecule has 0 aliphatic rings. The van der Waals surface area contributed by atoms with Gasteiger partial charge in [-0.3, -0.25) is 4.57 Å². The molecule has 1 aromatic heterocycles. The molecule has 0 aliphatic heterocycles. The van der Waals surface area contributed by atoms with Gasteiger partial charge in [-0.15, -0.1) is 0 Å². The van der Waals surface area contributed by atoms with E-state index >= 15 is 0 Å². The Balaban J connectivity index is 2.63. The van der Waals surface area contributed by atoms with Gasteiger partial charge in [0.15, 0.2) is 0 Å². The van der Waals surface area contributed by atoms with Gasteiger partial charge in [-0.1, -0.05) is 19.9 Å². The summed E-state index contributed by atoms with van der Waals surface area (Å²) >= 11 is 0. The highest BCUT2D eigenvalue weighted by Gasteiger charge is 2.08.